The lowest BCUT2D eigenvalue weighted by molar-refractivity contribution is -0.137. The van der Waals surface area contributed by atoms with Crippen LogP contribution in [0.3, 0.4) is 0 Å². The van der Waals surface area contributed by atoms with E-state index in [1.54, 1.807) is 36.4 Å². The molecule has 0 atom stereocenters. The second kappa shape index (κ2) is 7.67. The van der Waals surface area contributed by atoms with E-state index in [1.165, 1.54) is 18.3 Å². The Balaban J connectivity index is 1.69. The Kier molecular flexibility index (Phi) is 5.32. The van der Waals surface area contributed by atoms with Crippen molar-refractivity contribution in [1.29, 1.82) is 0 Å². The predicted octanol–water partition coefficient (Wildman–Crippen LogP) is 5.75. The van der Waals surface area contributed by atoms with E-state index in [0.29, 0.717) is 22.1 Å². The van der Waals surface area contributed by atoms with Gasteiger partial charge in [-0.15, -0.1) is 0 Å². The first kappa shape index (κ1) is 18.7. The van der Waals surface area contributed by atoms with Crippen LogP contribution >= 0.6 is 11.6 Å². The highest BCUT2D eigenvalue weighted by atomic mass is 35.5. The number of alkyl halides is 3. The molecule has 0 aliphatic heterocycles. The molecule has 0 unspecified atom stereocenters. The fraction of sp³-hybridized carbons (Fsp3) is 0.0526. The zero-order chi connectivity index (χ0) is 19.4. The van der Waals surface area contributed by atoms with Gasteiger partial charge in [-0.25, -0.2) is 4.98 Å². The number of anilines is 3. The normalized spacial score (nSPS) is 11.1. The zero-order valence-electron chi connectivity index (χ0n) is 13.7. The van der Waals surface area contributed by atoms with Crippen LogP contribution in [0.25, 0.3) is 0 Å². The number of pyridine rings is 1. The van der Waals surface area contributed by atoms with E-state index in [9.17, 15) is 18.0 Å². The number of hydrogen-bond donors (Lipinski definition) is 2. The Morgan fingerprint density at radius 2 is 1.74 bits per heavy atom. The highest BCUT2D eigenvalue weighted by Gasteiger charge is 2.30. The van der Waals surface area contributed by atoms with Gasteiger partial charge >= 0.3 is 6.18 Å². The minimum Gasteiger partial charge on any atom is -0.340 e. The van der Waals surface area contributed by atoms with Crippen LogP contribution in [0.1, 0.15) is 15.9 Å². The molecular formula is C19H13ClF3N3O. The number of hydrogen-bond acceptors (Lipinski definition) is 3. The second-order valence-electron chi connectivity index (χ2n) is 5.57. The summed E-state index contributed by atoms with van der Waals surface area (Å²) in [6.07, 6.45) is -3.03. The number of carbonyl (C=O) groups excluding carboxylic acids is 1. The molecule has 3 rings (SSSR count). The molecule has 27 heavy (non-hydrogen) atoms. The fourth-order valence-corrected chi connectivity index (χ4v) is 2.53. The largest absolute Gasteiger partial charge is 0.416 e. The monoisotopic (exact) mass is 391 g/mol. The minimum absolute atomic E-state index is 0.255. The SMILES string of the molecule is O=C(Nc1ccc(Nc2cccc(C(F)(F)F)c2)nc1)c1ccccc1Cl. The van der Waals surface area contributed by atoms with Gasteiger partial charge in [0.15, 0.2) is 0 Å². The molecule has 0 saturated heterocycles. The zero-order valence-corrected chi connectivity index (χ0v) is 14.5. The van der Waals surface area contributed by atoms with Gasteiger partial charge in [0.25, 0.3) is 5.91 Å². The van der Waals surface area contributed by atoms with Gasteiger partial charge in [-0.2, -0.15) is 13.2 Å². The molecule has 0 spiro atoms. The van der Waals surface area contributed by atoms with Gasteiger partial charge in [-0.05, 0) is 42.5 Å². The molecular weight excluding hydrogens is 379 g/mol. The Labute approximate surface area is 158 Å². The van der Waals surface area contributed by atoms with Crippen molar-refractivity contribution in [3.63, 3.8) is 0 Å². The summed E-state index contributed by atoms with van der Waals surface area (Å²) in [6, 6.07) is 14.5. The molecule has 8 heteroatoms. The molecule has 1 amide bonds. The number of nitrogens with one attached hydrogen (secondary N) is 2. The van der Waals surface area contributed by atoms with Gasteiger partial charge in [0.1, 0.15) is 5.82 Å². The number of benzene rings is 2. The van der Waals surface area contributed by atoms with Crippen molar-refractivity contribution in [2.45, 2.75) is 6.18 Å². The van der Waals surface area contributed by atoms with Gasteiger partial charge in [-0.3, -0.25) is 4.79 Å². The number of aromatic nitrogens is 1. The summed E-state index contributed by atoms with van der Waals surface area (Å²) in [5.74, 6) is -0.0499. The minimum atomic E-state index is -4.42. The molecule has 0 aliphatic rings. The molecule has 0 saturated carbocycles. The van der Waals surface area contributed by atoms with Crippen molar-refractivity contribution >= 4 is 34.7 Å². The van der Waals surface area contributed by atoms with Crippen LogP contribution in [-0.4, -0.2) is 10.9 Å². The summed E-state index contributed by atoms with van der Waals surface area (Å²) in [6.45, 7) is 0. The summed E-state index contributed by atoms with van der Waals surface area (Å²) in [5.41, 5.74) is 0.251. The molecule has 1 aromatic heterocycles. The van der Waals surface area contributed by atoms with E-state index >= 15 is 0 Å². The highest BCUT2D eigenvalue weighted by molar-refractivity contribution is 6.34. The first-order valence-corrected chi connectivity index (χ1v) is 8.17. The van der Waals surface area contributed by atoms with Gasteiger partial charge in [-0.1, -0.05) is 29.8 Å². The second-order valence-corrected chi connectivity index (χ2v) is 5.98. The molecule has 1 heterocycles. The van der Waals surface area contributed by atoms with Crippen LogP contribution in [-0.2, 0) is 6.18 Å². The lowest BCUT2D eigenvalue weighted by atomic mass is 10.2. The molecule has 0 fully saturated rings. The summed E-state index contributed by atoms with van der Waals surface area (Å²) in [5, 5.41) is 5.77. The van der Waals surface area contributed by atoms with E-state index < -0.39 is 11.7 Å². The molecule has 4 nitrogen and oxygen atoms in total. The summed E-state index contributed by atoms with van der Waals surface area (Å²) in [4.78, 5) is 16.3. The Hall–Kier alpha value is -3.06. The van der Waals surface area contributed by atoms with Crippen molar-refractivity contribution in [2.24, 2.45) is 0 Å². The van der Waals surface area contributed by atoms with Crippen LogP contribution in [0, 0.1) is 0 Å². The summed E-state index contributed by atoms with van der Waals surface area (Å²) < 4.78 is 38.3. The van der Waals surface area contributed by atoms with Crippen molar-refractivity contribution < 1.29 is 18.0 Å². The number of rotatable bonds is 4. The van der Waals surface area contributed by atoms with Crippen LogP contribution in [0.15, 0.2) is 66.9 Å². The number of halogens is 4. The quantitative estimate of drug-likeness (QED) is 0.595. The van der Waals surface area contributed by atoms with Crippen molar-refractivity contribution in [2.75, 3.05) is 10.6 Å². The maximum atomic E-state index is 12.8. The third-order valence-corrected chi connectivity index (χ3v) is 3.93. The van der Waals surface area contributed by atoms with E-state index in [1.807, 2.05) is 0 Å². The summed E-state index contributed by atoms with van der Waals surface area (Å²) in [7, 11) is 0. The smallest absolute Gasteiger partial charge is 0.340 e. The Bertz CT molecular complexity index is 959. The highest BCUT2D eigenvalue weighted by Crippen LogP contribution is 2.31. The van der Waals surface area contributed by atoms with Crippen molar-refractivity contribution in [3.8, 4) is 0 Å². The average molecular weight is 392 g/mol. The molecule has 0 radical (unpaired) electrons. The van der Waals surface area contributed by atoms with E-state index in [0.717, 1.165) is 12.1 Å². The first-order chi connectivity index (χ1) is 12.8. The van der Waals surface area contributed by atoms with E-state index in [2.05, 4.69) is 15.6 Å². The van der Waals surface area contributed by atoms with Gasteiger partial charge in [0, 0.05) is 5.69 Å². The summed E-state index contributed by atoms with van der Waals surface area (Å²) >= 11 is 5.98. The van der Waals surface area contributed by atoms with Crippen LogP contribution in [0.5, 0.6) is 0 Å². The maximum absolute atomic E-state index is 12.8. The van der Waals surface area contributed by atoms with Crippen molar-refractivity contribution in [3.05, 3.63) is 83.0 Å². The first-order valence-electron chi connectivity index (χ1n) is 7.79. The molecule has 2 aromatic carbocycles. The third-order valence-electron chi connectivity index (χ3n) is 3.60. The molecule has 138 valence electrons. The molecule has 3 aromatic rings. The maximum Gasteiger partial charge on any atom is 0.416 e. The van der Waals surface area contributed by atoms with E-state index in [-0.39, 0.29) is 11.6 Å². The lowest BCUT2D eigenvalue weighted by Crippen LogP contribution is -2.12. The van der Waals surface area contributed by atoms with Gasteiger partial charge in [0.2, 0.25) is 0 Å². The van der Waals surface area contributed by atoms with Crippen molar-refractivity contribution in [1.82, 2.24) is 4.98 Å². The molecule has 2 N–H and O–H groups in total. The van der Waals surface area contributed by atoms with Crippen LogP contribution < -0.4 is 10.6 Å². The average Bonchev–Trinajstić information content (AvgIpc) is 2.63. The van der Waals surface area contributed by atoms with Gasteiger partial charge in [0.05, 0.1) is 28.0 Å². The predicted molar refractivity (Wildman–Crippen MR) is 98.4 cm³/mol. The standard InChI is InChI=1S/C19H13ClF3N3O/c20-16-7-2-1-6-15(16)18(27)26-14-8-9-17(24-11-14)25-13-5-3-4-12(10-13)19(21,22)23/h1-11H,(H,24,25)(H,26,27). The lowest BCUT2D eigenvalue weighted by Gasteiger charge is -2.11. The number of nitrogens with zero attached hydrogens (tertiary/aromatic N) is 1. The number of carbonyl (C=O) groups is 1. The van der Waals surface area contributed by atoms with Gasteiger partial charge < -0.3 is 10.6 Å². The fourth-order valence-electron chi connectivity index (χ4n) is 2.31. The Morgan fingerprint density at radius 1 is 0.963 bits per heavy atom. The number of amides is 1. The van der Waals surface area contributed by atoms with Crippen LogP contribution in [0.4, 0.5) is 30.4 Å². The third kappa shape index (κ3) is 4.77. The molecule has 0 aliphatic carbocycles. The topological polar surface area (TPSA) is 54.0 Å². The molecule has 0 bridgehead atoms. The van der Waals surface area contributed by atoms with E-state index in [4.69, 9.17) is 11.6 Å². The Morgan fingerprint density at radius 3 is 2.41 bits per heavy atom. The van der Waals surface area contributed by atoms with Crippen LogP contribution in [0.2, 0.25) is 5.02 Å².